The molecule has 0 bridgehead atoms. The number of anilines is 1. The Labute approximate surface area is 107 Å². The number of aromatic nitrogens is 2. The van der Waals surface area contributed by atoms with E-state index in [1.807, 2.05) is 62.6 Å². The van der Waals surface area contributed by atoms with E-state index in [-0.39, 0.29) is 5.78 Å². The second kappa shape index (κ2) is 5.04. The van der Waals surface area contributed by atoms with Crippen molar-refractivity contribution in [1.82, 2.24) is 9.78 Å². The summed E-state index contributed by atoms with van der Waals surface area (Å²) in [5.74, 6) is 0.0948. The van der Waals surface area contributed by atoms with Crippen molar-refractivity contribution in [1.29, 1.82) is 0 Å². The lowest BCUT2D eigenvalue weighted by molar-refractivity contribution is 0.0992. The zero-order chi connectivity index (χ0) is 13.1. The smallest absolute Gasteiger partial charge is 0.168 e. The third kappa shape index (κ3) is 2.77. The van der Waals surface area contributed by atoms with Gasteiger partial charge in [0.25, 0.3) is 0 Å². The molecular formula is C14H17N3O. The van der Waals surface area contributed by atoms with Crippen molar-refractivity contribution in [3.05, 3.63) is 47.8 Å². The first-order chi connectivity index (χ1) is 8.56. The van der Waals surface area contributed by atoms with Gasteiger partial charge in [-0.15, -0.1) is 0 Å². The lowest BCUT2D eigenvalue weighted by atomic mass is 10.1. The van der Waals surface area contributed by atoms with Gasteiger partial charge in [-0.2, -0.15) is 5.10 Å². The molecule has 0 amide bonds. The summed E-state index contributed by atoms with van der Waals surface area (Å²) in [4.78, 5) is 14.1. The van der Waals surface area contributed by atoms with Crippen molar-refractivity contribution in [2.75, 3.05) is 19.0 Å². The van der Waals surface area contributed by atoms with Gasteiger partial charge in [0.2, 0.25) is 0 Å². The molecule has 0 saturated carbocycles. The van der Waals surface area contributed by atoms with Gasteiger partial charge in [0, 0.05) is 38.6 Å². The van der Waals surface area contributed by atoms with Crippen LogP contribution in [-0.2, 0) is 13.5 Å². The highest BCUT2D eigenvalue weighted by Gasteiger charge is 2.09. The van der Waals surface area contributed by atoms with Gasteiger partial charge in [-0.05, 0) is 18.2 Å². The number of hydrogen-bond acceptors (Lipinski definition) is 3. The van der Waals surface area contributed by atoms with Gasteiger partial charge in [0.05, 0.1) is 12.1 Å². The lowest BCUT2D eigenvalue weighted by Gasteiger charge is -2.12. The summed E-state index contributed by atoms with van der Waals surface area (Å²) < 4.78 is 1.71. The van der Waals surface area contributed by atoms with Crippen molar-refractivity contribution in [3.8, 4) is 0 Å². The van der Waals surface area contributed by atoms with Crippen LogP contribution in [0.4, 0.5) is 5.69 Å². The molecule has 0 unspecified atom stereocenters. The number of ketones is 1. The highest BCUT2D eigenvalue weighted by atomic mass is 16.1. The van der Waals surface area contributed by atoms with Gasteiger partial charge in [-0.3, -0.25) is 9.48 Å². The predicted octanol–water partition coefficient (Wildman–Crippen LogP) is 1.91. The van der Waals surface area contributed by atoms with Crippen LogP contribution in [0.25, 0.3) is 0 Å². The highest BCUT2D eigenvalue weighted by Crippen LogP contribution is 2.15. The van der Waals surface area contributed by atoms with Crippen molar-refractivity contribution >= 4 is 11.5 Å². The number of Topliss-reactive ketones (excluding diaryl/α,β-unsaturated/α-hetero) is 1. The van der Waals surface area contributed by atoms with E-state index in [0.29, 0.717) is 6.42 Å². The fourth-order valence-corrected chi connectivity index (χ4v) is 1.78. The quantitative estimate of drug-likeness (QED) is 0.770. The molecule has 0 aliphatic rings. The summed E-state index contributed by atoms with van der Waals surface area (Å²) in [7, 11) is 5.77. The minimum atomic E-state index is 0.0948. The molecule has 4 nitrogen and oxygen atoms in total. The average Bonchev–Trinajstić information content (AvgIpc) is 2.75. The number of aryl methyl sites for hydroxylation is 1. The van der Waals surface area contributed by atoms with Gasteiger partial charge in [-0.25, -0.2) is 0 Å². The van der Waals surface area contributed by atoms with E-state index >= 15 is 0 Å². The fourth-order valence-electron chi connectivity index (χ4n) is 1.78. The van der Waals surface area contributed by atoms with E-state index in [9.17, 15) is 4.79 Å². The maximum Gasteiger partial charge on any atom is 0.168 e. The molecule has 0 fully saturated rings. The van der Waals surface area contributed by atoms with E-state index in [0.717, 1.165) is 16.9 Å². The van der Waals surface area contributed by atoms with E-state index in [4.69, 9.17) is 0 Å². The first-order valence-electron chi connectivity index (χ1n) is 5.85. The number of benzene rings is 1. The second-order valence-electron chi connectivity index (χ2n) is 4.53. The molecule has 94 valence electrons. The van der Waals surface area contributed by atoms with Crippen molar-refractivity contribution in [3.63, 3.8) is 0 Å². The molecule has 0 saturated heterocycles. The van der Waals surface area contributed by atoms with Gasteiger partial charge in [0.15, 0.2) is 5.78 Å². The van der Waals surface area contributed by atoms with Crippen LogP contribution in [0.15, 0.2) is 36.5 Å². The van der Waals surface area contributed by atoms with Crippen molar-refractivity contribution in [2.45, 2.75) is 6.42 Å². The monoisotopic (exact) mass is 243 g/mol. The number of carbonyl (C=O) groups excluding carboxylic acids is 1. The van der Waals surface area contributed by atoms with Crippen LogP contribution in [0, 0.1) is 0 Å². The van der Waals surface area contributed by atoms with Crippen molar-refractivity contribution in [2.24, 2.45) is 7.05 Å². The second-order valence-corrected chi connectivity index (χ2v) is 4.53. The van der Waals surface area contributed by atoms with Crippen LogP contribution >= 0.6 is 0 Å². The summed E-state index contributed by atoms with van der Waals surface area (Å²) in [5.41, 5.74) is 2.56. The standard InChI is InChI=1S/C14H17N3O/c1-16(2)13-6-4-5-11(9-13)14(18)10-12-7-8-17(3)15-12/h4-9H,10H2,1-3H3. The summed E-state index contributed by atoms with van der Waals surface area (Å²) in [6, 6.07) is 9.51. The van der Waals surface area contributed by atoms with Crippen LogP contribution in [0.2, 0.25) is 0 Å². The first-order valence-corrected chi connectivity index (χ1v) is 5.85. The molecule has 0 radical (unpaired) electrons. The van der Waals surface area contributed by atoms with Crippen LogP contribution in [0.3, 0.4) is 0 Å². The first kappa shape index (κ1) is 12.4. The molecule has 0 N–H and O–H groups in total. The zero-order valence-corrected chi connectivity index (χ0v) is 10.9. The minimum absolute atomic E-state index is 0.0948. The Morgan fingerprint density at radius 3 is 2.72 bits per heavy atom. The maximum absolute atomic E-state index is 12.1. The number of nitrogens with zero attached hydrogens (tertiary/aromatic N) is 3. The molecular weight excluding hydrogens is 226 g/mol. The summed E-state index contributed by atoms with van der Waals surface area (Å²) >= 11 is 0. The normalized spacial score (nSPS) is 10.4. The Balaban J connectivity index is 2.16. The lowest BCUT2D eigenvalue weighted by Crippen LogP contribution is -2.10. The highest BCUT2D eigenvalue weighted by molar-refractivity contribution is 5.98. The summed E-state index contributed by atoms with van der Waals surface area (Å²) in [5, 5.41) is 4.22. The van der Waals surface area contributed by atoms with E-state index < -0.39 is 0 Å². The molecule has 1 aromatic carbocycles. The van der Waals surface area contributed by atoms with Crippen LogP contribution in [0.5, 0.6) is 0 Å². The average molecular weight is 243 g/mol. The number of rotatable bonds is 4. The van der Waals surface area contributed by atoms with Crippen LogP contribution in [-0.4, -0.2) is 29.7 Å². The van der Waals surface area contributed by atoms with Gasteiger partial charge >= 0.3 is 0 Å². The third-order valence-electron chi connectivity index (χ3n) is 2.80. The molecule has 0 atom stereocenters. The molecule has 1 heterocycles. The summed E-state index contributed by atoms with van der Waals surface area (Å²) in [6.07, 6.45) is 2.19. The Morgan fingerprint density at radius 2 is 2.11 bits per heavy atom. The molecule has 2 rings (SSSR count). The molecule has 1 aromatic heterocycles. The molecule has 0 aliphatic heterocycles. The van der Waals surface area contributed by atoms with E-state index in [1.165, 1.54) is 0 Å². The Morgan fingerprint density at radius 1 is 1.33 bits per heavy atom. The predicted molar refractivity (Wildman–Crippen MR) is 72.0 cm³/mol. The maximum atomic E-state index is 12.1. The zero-order valence-electron chi connectivity index (χ0n) is 10.9. The SMILES string of the molecule is CN(C)c1cccc(C(=O)Cc2ccn(C)n2)c1. The largest absolute Gasteiger partial charge is 0.378 e. The van der Waals surface area contributed by atoms with E-state index in [1.54, 1.807) is 4.68 Å². The molecule has 18 heavy (non-hydrogen) atoms. The van der Waals surface area contributed by atoms with Crippen LogP contribution in [0.1, 0.15) is 16.1 Å². The molecule has 4 heteroatoms. The number of hydrogen-bond donors (Lipinski definition) is 0. The Kier molecular flexibility index (Phi) is 3.46. The molecule has 0 aliphatic carbocycles. The third-order valence-corrected chi connectivity index (χ3v) is 2.80. The summed E-state index contributed by atoms with van der Waals surface area (Å²) in [6.45, 7) is 0. The number of carbonyl (C=O) groups is 1. The molecule has 2 aromatic rings. The molecule has 0 spiro atoms. The van der Waals surface area contributed by atoms with Crippen LogP contribution < -0.4 is 4.90 Å². The van der Waals surface area contributed by atoms with Crippen molar-refractivity contribution < 1.29 is 4.79 Å². The Hall–Kier alpha value is -2.10. The fraction of sp³-hybridized carbons (Fsp3) is 0.286. The Bertz CT molecular complexity index is 558. The topological polar surface area (TPSA) is 38.1 Å². The van der Waals surface area contributed by atoms with E-state index in [2.05, 4.69) is 5.10 Å². The van der Waals surface area contributed by atoms with Gasteiger partial charge < -0.3 is 4.90 Å². The van der Waals surface area contributed by atoms with Gasteiger partial charge in [0.1, 0.15) is 0 Å². The van der Waals surface area contributed by atoms with Gasteiger partial charge in [-0.1, -0.05) is 12.1 Å². The minimum Gasteiger partial charge on any atom is -0.378 e.